The van der Waals surface area contributed by atoms with Gasteiger partial charge >= 0.3 is 0 Å². The lowest BCUT2D eigenvalue weighted by atomic mass is 10.2. The number of nitrogens with zero attached hydrogens (tertiary/aromatic N) is 4. The van der Waals surface area contributed by atoms with Crippen LogP contribution in [0.25, 0.3) is 11.4 Å². The van der Waals surface area contributed by atoms with Crippen molar-refractivity contribution in [2.75, 3.05) is 5.75 Å². The average Bonchev–Trinajstić information content (AvgIpc) is 2.95. The molecule has 0 bridgehead atoms. The first-order valence-electron chi connectivity index (χ1n) is 6.87. The van der Waals surface area contributed by atoms with E-state index in [0.717, 1.165) is 5.56 Å². The van der Waals surface area contributed by atoms with E-state index in [-0.39, 0.29) is 5.78 Å². The van der Waals surface area contributed by atoms with Crippen molar-refractivity contribution in [3.63, 3.8) is 0 Å². The fourth-order valence-corrected chi connectivity index (χ4v) is 2.95. The third-order valence-electron chi connectivity index (χ3n) is 3.25. The van der Waals surface area contributed by atoms with Crippen molar-refractivity contribution >= 4 is 29.1 Å². The molecule has 0 atom stereocenters. The van der Waals surface area contributed by atoms with Gasteiger partial charge in [-0.3, -0.25) is 4.79 Å². The SMILES string of the molecule is Cn1c(SCC(=O)c2ccccc2)nnc1-c1ccc(Cl)nc1. The Hall–Kier alpha value is -2.18. The zero-order chi connectivity index (χ0) is 16.2. The molecule has 23 heavy (non-hydrogen) atoms. The van der Waals surface area contributed by atoms with Gasteiger partial charge in [-0.1, -0.05) is 53.7 Å². The fraction of sp³-hybridized carbons (Fsp3) is 0.125. The average molecular weight is 345 g/mol. The first-order valence-corrected chi connectivity index (χ1v) is 8.24. The zero-order valence-corrected chi connectivity index (χ0v) is 13.9. The Morgan fingerprint density at radius 1 is 1.17 bits per heavy atom. The number of ketones is 1. The topological polar surface area (TPSA) is 60.7 Å². The van der Waals surface area contributed by atoms with Crippen LogP contribution in [-0.4, -0.2) is 31.3 Å². The summed E-state index contributed by atoms with van der Waals surface area (Å²) in [7, 11) is 1.86. The van der Waals surface area contributed by atoms with E-state index in [1.165, 1.54) is 11.8 Å². The van der Waals surface area contributed by atoms with Crippen molar-refractivity contribution in [2.24, 2.45) is 7.05 Å². The summed E-state index contributed by atoms with van der Waals surface area (Å²) in [6, 6.07) is 12.8. The van der Waals surface area contributed by atoms with Crippen molar-refractivity contribution in [3.05, 3.63) is 59.4 Å². The number of Topliss-reactive ketones (excluding diaryl/α,β-unsaturated/α-hetero) is 1. The molecule has 1 aromatic carbocycles. The number of benzene rings is 1. The van der Waals surface area contributed by atoms with Gasteiger partial charge < -0.3 is 4.57 Å². The van der Waals surface area contributed by atoms with Gasteiger partial charge in [-0.25, -0.2) is 4.98 Å². The van der Waals surface area contributed by atoms with Crippen molar-refractivity contribution < 1.29 is 4.79 Å². The van der Waals surface area contributed by atoms with Crippen molar-refractivity contribution in [3.8, 4) is 11.4 Å². The smallest absolute Gasteiger partial charge is 0.191 e. The number of rotatable bonds is 5. The van der Waals surface area contributed by atoms with E-state index in [1.54, 1.807) is 12.3 Å². The summed E-state index contributed by atoms with van der Waals surface area (Å²) in [5, 5.41) is 9.42. The van der Waals surface area contributed by atoms with E-state index in [4.69, 9.17) is 11.6 Å². The van der Waals surface area contributed by atoms with Gasteiger partial charge in [0.1, 0.15) is 5.15 Å². The molecule has 0 saturated carbocycles. The molecular weight excluding hydrogens is 332 g/mol. The van der Waals surface area contributed by atoms with Crippen LogP contribution in [0.1, 0.15) is 10.4 Å². The normalized spacial score (nSPS) is 10.7. The van der Waals surface area contributed by atoms with Gasteiger partial charge in [0, 0.05) is 24.4 Å². The number of carbonyl (C=O) groups excluding carboxylic acids is 1. The minimum atomic E-state index is 0.0632. The second-order valence-electron chi connectivity index (χ2n) is 4.81. The number of hydrogen-bond donors (Lipinski definition) is 0. The van der Waals surface area contributed by atoms with Crippen LogP contribution in [0.15, 0.2) is 53.8 Å². The summed E-state index contributed by atoms with van der Waals surface area (Å²) in [6.45, 7) is 0. The Morgan fingerprint density at radius 3 is 2.65 bits per heavy atom. The van der Waals surface area contributed by atoms with Crippen molar-refractivity contribution in [1.29, 1.82) is 0 Å². The molecule has 0 unspecified atom stereocenters. The number of hydrogen-bond acceptors (Lipinski definition) is 5. The van der Waals surface area contributed by atoms with E-state index in [0.29, 0.717) is 27.5 Å². The maximum Gasteiger partial charge on any atom is 0.191 e. The molecule has 0 fully saturated rings. The summed E-state index contributed by atoms with van der Waals surface area (Å²) in [4.78, 5) is 16.2. The molecule has 2 heterocycles. The predicted molar refractivity (Wildman–Crippen MR) is 90.7 cm³/mol. The quantitative estimate of drug-likeness (QED) is 0.402. The Bertz CT molecular complexity index is 818. The van der Waals surface area contributed by atoms with E-state index in [1.807, 2.05) is 48.0 Å². The molecule has 3 aromatic rings. The molecule has 0 spiro atoms. The second-order valence-corrected chi connectivity index (χ2v) is 6.14. The highest BCUT2D eigenvalue weighted by atomic mass is 35.5. The highest BCUT2D eigenvalue weighted by Gasteiger charge is 2.13. The highest BCUT2D eigenvalue weighted by molar-refractivity contribution is 7.99. The summed E-state index contributed by atoms with van der Waals surface area (Å²) in [5.41, 5.74) is 1.52. The third kappa shape index (κ3) is 3.60. The van der Waals surface area contributed by atoms with Crippen LogP contribution in [0.5, 0.6) is 0 Å². The first-order chi connectivity index (χ1) is 11.1. The number of pyridine rings is 1. The Balaban J connectivity index is 1.72. The van der Waals surface area contributed by atoms with Crippen LogP contribution < -0.4 is 0 Å². The molecule has 5 nitrogen and oxygen atoms in total. The lowest BCUT2D eigenvalue weighted by molar-refractivity contribution is 0.102. The highest BCUT2D eigenvalue weighted by Crippen LogP contribution is 2.23. The van der Waals surface area contributed by atoms with Gasteiger partial charge in [-0.2, -0.15) is 0 Å². The molecule has 0 radical (unpaired) electrons. The van der Waals surface area contributed by atoms with Gasteiger partial charge in [-0.05, 0) is 12.1 Å². The summed E-state index contributed by atoms with van der Waals surface area (Å²) in [5.74, 6) is 1.06. The largest absolute Gasteiger partial charge is 0.305 e. The predicted octanol–water partition coefficient (Wildman–Crippen LogP) is 3.51. The van der Waals surface area contributed by atoms with Gasteiger partial charge in [0.15, 0.2) is 16.8 Å². The van der Waals surface area contributed by atoms with Gasteiger partial charge in [0.25, 0.3) is 0 Å². The van der Waals surface area contributed by atoms with Crippen LogP contribution in [0, 0.1) is 0 Å². The third-order valence-corrected chi connectivity index (χ3v) is 4.49. The van der Waals surface area contributed by atoms with E-state index in [9.17, 15) is 4.79 Å². The number of aromatic nitrogens is 4. The lowest BCUT2D eigenvalue weighted by Crippen LogP contribution is -2.03. The standard InChI is InChI=1S/C16H13ClN4OS/c1-21-15(12-7-8-14(17)18-9-12)19-20-16(21)23-10-13(22)11-5-3-2-4-6-11/h2-9H,10H2,1H3. The van der Waals surface area contributed by atoms with Crippen LogP contribution in [0.4, 0.5) is 0 Å². The molecule has 0 N–H and O–H groups in total. The molecule has 0 amide bonds. The molecule has 2 aromatic heterocycles. The fourth-order valence-electron chi connectivity index (χ4n) is 2.04. The monoisotopic (exact) mass is 344 g/mol. The van der Waals surface area contributed by atoms with Crippen molar-refractivity contribution in [1.82, 2.24) is 19.7 Å². The molecule has 0 aliphatic carbocycles. The molecule has 3 rings (SSSR count). The van der Waals surface area contributed by atoms with Gasteiger partial charge in [0.05, 0.1) is 5.75 Å². The molecule has 0 aliphatic rings. The number of carbonyl (C=O) groups is 1. The maximum atomic E-state index is 12.1. The Morgan fingerprint density at radius 2 is 1.96 bits per heavy atom. The Kier molecular flexibility index (Phi) is 4.73. The Labute approximate surface area is 142 Å². The lowest BCUT2D eigenvalue weighted by Gasteiger charge is -2.04. The summed E-state index contributed by atoms with van der Waals surface area (Å²) in [6.07, 6.45) is 1.65. The van der Waals surface area contributed by atoms with Crippen LogP contribution in [0.2, 0.25) is 5.15 Å². The molecular formula is C16H13ClN4OS. The van der Waals surface area contributed by atoms with Crippen LogP contribution >= 0.6 is 23.4 Å². The van der Waals surface area contributed by atoms with Gasteiger partial charge in [0.2, 0.25) is 0 Å². The molecule has 0 aliphatic heterocycles. The molecule has 7 heteroatoms. The van der Waals surface area contributed by atoms with E-state index >= 15 is 0 Å². The zero-order valence-electron chi connectivity index (χ0n) is 12.3. The van der Waals surface area contributed by atoms with E-state index < -0.39 is 0 Å². The first kappa shape index (κ1) is 15.7. The number of thioether (sulfide) groups is 1. The second kappa shape index (κ2) is 6.93. The minimum absolute atomic E-state index is 0.0632. The van der Waals surface area contributed by atoms with E-state index in [2.05, 4.69) is 15.2 Å². The summed E-state index contributed by atoms with van der Waals surface area (Å²) < 4.78 is 1.84. The minimum Gasteiger partial charge on any atom is -0.305 e. The van der Waals surface area contributed by atoms with Crippen LogP contribution in [-0.2, 0) is 7.05 Å². The van der Waals surface area contributed by atoms with Crippen LogP contribution in [0.3, 0.4) is 0 Å². The van der Waals surface area contributed by atoms with Crippen molar-refractivity contribution in [2.45, 2.75) is 5.16 Å². The number of halogens is 1. The molecule has 0 saturated heterocycles. The maximum absolute atomic E-state index is 12.1. The van der Waals surface area contributed by atoms with Gasteiger partial charge in [-0.15, -0.1) is 10.2 Å². The summed E-state index contributed by atoms with van der Waals surface area (Å²) >= 11 is 7.15. The molecule has 116 valence electrons.